The summed E-state index contributed by atoms with van der Waals surface area (Å²) >= 11 is 1.66. The zero-order valence-corrected chi connectivity index (χ0v) is 16.3. The van der Waals surface area contributed by atoms with Crippen molar-refractivity contribution < 1.29 is 0 Å². The van der Waals surface area contributed by atoms with Crippen molar-refractivity contribution >= 4 is 46.8 Å². The molecule has 2 heterocycles. The molecule has 0 amide bonds. The molecule has 0 bridgehead atoms. The average molecular weight is 440 g/mol. The quantitative estimate of drug-likeness (QED) is 0.450. The fraction of sp³-hybridized carbons (Fsp3) is 0.294. The van der Waals surface area contributed by atoms with E-state index in [1.54, 1.807) is 11.3 Å². The van der Waals surface area contributed by atoms with E-state index in [9.17, 15) is 0 Å². The summed E-state index contributed by atoms with van der Waals surface area (Å²) in [6, 6.07) is 10.6. The smallest absolute Gasteiger partial charge is 0.194 e. The SMILES string of the molecule is CN=C(NCc1nccs1)N1CC=C(c2ccccc2)CC1.I. The van der Waals surface area contributed by atoms with Gasteiger partial charge in [0.25, 0.3) is 0 Å². The van der Waals surface area contributed by atoms with Crippen molar-refractivity contribution in [1.82, 2.24) is 15.2 Å². The zero-order chi connectivity index (χ0) is 15.2. The molecule has 1 N–H and O–H groups in total. The van der Waals surface area contributed by atoms with E-state index in [-0.39, 0.29) is 24.0 Å². The summed E-state index contributed by atoms with van der Waals surface area (Å²) in [5.74, 6) is 0.943. The third kappa shape index (κ3) is 4.78. The molecule has 3 rings (SSSR count). The minimum absolute atomic E-state index is 0. The van der Waals surface area contributed by atoms with Gasteiger partial charge in [-0.25, -0.2) is 4.98 Å². The van der Waals surface area contributed by atoms with Crippen LogP contribution in [0.4, 0.5) is 0 Å². The maximum absolute atomic E-state index is 4.39. The maximum atomic E-state index is 4.39. The van der Waals surface area contributed by atoms with Gasteiger partial charge in [0.1, 0.15) is 5.01 Å². The second-order valence-electron chi connectivity index (χ2n) is 5.12. The van der Waals surface area contributed by atoms with Gasteiger partial charge in [-0.05, 0) is 17.6 Å². The van der Waals surface area contributed by atoms with Crippen LogP contribution in [0.1, 0.15) is 17.0 Å². The number of halogens is 1. The van der Waals surface area contributed by atoms with Crippen LogP contribution in [0, 0.1) is 0 Å². The van der Waals surface area contributed by atoms with Gasteiger partial charge >= 0.3 is 0 Å². The monoisotopic (exact) mass is 440 g/mol. The van der Waals surface area contributed by atoms with E-state index >= 15 is 0 Å². The largest absolute Gasteiger partial charge is 0.350 e. The summed E-state index contributed by atoms with van der Waals surface area (Å²) in [6.45, 7) is 2.61. The molecule has 0 atom stereocenters. The predicted octanol–water partition coefficient (Wildman–Crippen LogP) is 3.63. The number of benzene rings is 1. The van der Waals surface area contributed by atoms with Gasteiger partial charge in [0.2, 0.25) is 0 Å². The second kappa shape index (κ2) is 9.02. The number of aromatic nitrogens is 1. The fourth-order valence-corrected chi connectivity index (χ4v) is 3.16. The zero-order valence-electron chi connectivity index (χ0n) is 13.1. The topological polar surface area (TPSA) is 40.5 Å². The summed E-state index contributed by atoms with van der Waals surface area (Å²) in [4.78, 5) is 11.0. The summed E-state index contributed by atoms with van der Waals surface area (Å²) in [5.41, 5.74) is 2.75. The molecule has 0 fully saturated rings. The second-order valence-corrected chi connectivity index (χ2v) is 6.10. The first-order valence-corrected chi connectivity index (χ1v) is 8.33. The lowest BCUT2D eigenvalue weighted by molar-refractivity contribution is 0.439. The van der Waals surface area contributed by atoms with Crippen LogP contribution in [0.5, 0.6) is 0 Å². The van der Waals surface area contributed by atoms with Crippen molar-refractivity contribution in [2.75, 3.05) is 20.1 Å². The van der Waals surface area contributed by atoms with Crippen LogP contribution in [0.25, 0.3) is 5.57 Å². The number of hydrogen-bond donors (Lipinski definition) is 1. The molecule has 0 aliphatic carbocycles. The van der Waals surface area contributed by atoms with Gasteiger partial charge < -0.3 is 10.2 Å². The molecule has 0 saturated carbocycles. The Labute approximate surface area is 158 Å². The van der Waals surface area contributed by atoms with Crippen LogP contribution in [0.2, 0.25) is 0 Å². The van der Waals surface area contributed by atoms with E-state index in [1.807, 2.05) is 18.6 Å². The first-order valence-electron chi connectivity index (χ1n) is 7.45. The molecule has 1 aliphatic heterocycles. The van der Waals surface area contributed by atoms with Gasteiger partial charge in [-0.2, -0.15) is 0 Å². The van der Waals surface area contributed by atoms with Crippen LogP contribution < -0.4 is 5.32 Å². The number of guanidine groups is 1. The van der Waals surface area contributed by atoms with Crippen LogP contribution in [0.3, 0.4) is 0 Å². The first-order chi connectivity index (χ1) is 10.9. The van der Waals surface area contributed by atoms with Crippen molar-refractivity contribution in [1.29, 1.82) is 0 Å². The van der Waals surface area contributed by atoms with Crippen molar-refractivity contribution in [3.05, 3.63) is 58.6 Å². The molecule has 0 radical (unpaired) electrons. The summed E-state index contributed by atoms with van der Waals surface area (Å²) in [6.07, 6.45) is 5.18. The standard InChI is InChI=1S/C17H20N4S.HI/c1-18-17(20-13-16-19-9-12-22-16)21-10-7-15(8-11-21)14-5-3-2-4-6-14;/h2-7,9,12H,8,10-11,13H2,1H3,(H,18,20);1H. The molecule has 2 aromatic rings. The third-order valence-electron chi connectivity index (χ3n) is 3.75. The van der Waals surface area contributed by atoms with Gasteiger partial charge in [0.15, 0.2) is 5.96 Å². The van der Waals surface area contributed by atoms with Crippen LogP contribution >= 0.6 is 35.3 Å². The maximum Gasteiger partial charge on any atom is 0.194 e. The van der Waals surface area contributed by atoms with Crippen LogP contribution in [-0.2, 0) is 6.54 Å². The van der Waals surface area contributed by atoms with Crippen molar-refractivity contribution in [2.24, 2.45) is 4.99 Å². The van der Waals surface area contributed by atoms with E-state index in [0.29, 0.717) is 0 Å². The minimum atomic E-state index is 0. The Hall–Kier alpha value is -1.41. The van der Waals surface area contributed by atoms with Gasteiger partial charge in [-0.3, -0.25) is 4.99 Å². The predicted molar refractivity (Wildman–Crippen MR) is 108 cm³/mol. The highest BCUT2D eigenvalue weighted by Gasteiger charge is 2.16. The Morgan fingerprint density at radius 3 is 2.78 bits per heavy atom. The van der Waals surface area contributed by atoms with Crippen molar-refractivity contribution in [2.45, 2.75) is 13.0 Å². The van der Waals surface area contributed by atoms with E-state index in [1.165, 1.54) is 11.1 Å². The molecule has 1 aliphatic rings. The molecular formula is C17H21IN4S. The Balaban J connectivity index is 0.00000192. The molecule has 1 aromatic heterocycles. The van der Waals surface area contributed by atoms with Gasteiger partial charge in [0, 0.05) is 31.7 Å². The number of rotatable bonds is 3. The Morgan fingerprint density at radius 1 is 1.35 bits per heavy atom. The Bertz CT molecular complexity index is 652. The molecule has 6 heteroatoms. The van der Waals surface area contributed by atoms with Crippen LogP contribution in [-0.4, -0.2) is 36.0 Å². The molecule has 23 heavy (non-hydrogen) atoms. The number of aliphatic imine (C=N–C) groups is 1. The summed E-state index contributed by atoms with van der Waals surface area (Å²) in [5, 5.41) is 6.47. The lowest BCUT2D eigenvalue weighted by atomic mass is 10.00. The Morgan fingerprint density at radius 2 is 2.17 bits per heavy atom. The molecule has 4 nitrogen and oxygen atoms in total. The van der Waals surface area contributed by atoms with Gasteiger partial charge in [0.05, 0.1) is 6.54 Å². The highest BCUT2D eigenvalue weighted by atomic mass is 127. The molecule has 1 aromatic carbocycles. The number of thiazole rings is 1. The van der Waals surface area contributed by atoms with Gasteiger partial charge in [-0.1, -0.05) is 36.4 Å². The number of nitrogens with one attached hydrogen (secondary N) is 1. The van der Waals surface area contributed by atoms with Crippen molar-refractivity contribution in [3.8, 4) is 0 Å². The van der Waals surface area contributed by atoms with E-state index < -0.39 is 0 Å². The molecule has 0 spiro atoms. The number of hydrogen-bond acceptors (Lipinski definition) is 3. The first kappa shape index (κ1) is 17.9. The lowest BCUT2D eigenvalue weighted by Gasteiger charge is -2.29. The van der Waals surface area contributed by atoms with E-state index in [2.05, 4.69) is 56.6 Å². The van der Waals surface area contributed by atoms with Crippen LogP contribution in [0.15, 0.2) is 53.0 Å². The summed E-state index contributed by atoms with van der Waals surface area (Å²) in [7, 11) is 1.83. The van der Waals surface area contributed by atoms with E-state index in [0.717, 1.165) is 37.0 Å². The van der Waals surface area contributed by atoms with Gasteiger partial charge in [-0.15, -0.1) is 35.3 Å². The average Bonchev–Trinajstić information content (AvgIpc) is 3.10. The molecule has 0 unspecified atom stereocenters. The molecule has 122 valence electrons. The normalized spacial score (nSPS) is 14.9. The fourth-order valence-electron chi connectivity index (χ4n) is 2.60. The lowest BCUT2D eigenvalue weighted by Crippen LogP contribution is -2.43. The number of nitrogens with zero attached hydrogens (tertiary/aromatic N) is 3. The minimum Gasteiger partial charge on any atom is -0.350 e. The Kier molecular flexibility index (Phi) is 7.04. The molecule has 0 saturated heterocycles. The molecular weight excluding hydrogens is 419 g/mol. The highest BCUT2D eigenvalue weighted by molar-refractivity contribution is 14.0. The van der Waals surface area contributed by atoms with E-state index in [4.69, 9.17) is 0 Å². The van der Waals surface area contributed by atoms with Crippen molar-refractivity contribution in [3.63, 3.8) is 0 Å². The highest BCUT2D eigenvalue weighted by Crippen LogP contribution is 2.21. The third-order valence-corrected chi connectivity index (χ3v) is 4.53. The summed E-state index contributed by atoms with van der Waals surface area (Å²) < 4.78 is 0.